The Morgan fingerprint density at radius 3 is 1.47 bits per heavy atom. The van der Waals surface area contributed by atoms with E-state index < -0.39 is 35.3 Å². The van der Waals surface area contributed by atoms with E-state index in [1.165, 1.54) is 0 Å². The number of nitrogens with one attached hydrogen (secondary N) is 1. The molecule has 6 rings (SSSR count). The SMILES string of the molecule is NC(=O)C([C@H](NC(=O)OCC1c2ccccc2-c2ccccc21)C(=O)O)C(c1ccccc1)(c1ccccc1)c1ccccc1. The number of carbonyl (C=O) groups is 3. The van der Waals surface area contributed by atoms with Gasteiger partial charge in [-0.3, -0.25) is 4.79 Å². The molecule has 7 nitrogen and oxygen atoms in total. The molecule has 1 aliphatic rings. The first kappa shape index (κ1) is 29.4. The molecule has 0 radical (unpaired) electrons. The lowest BCUT2D eigenvalue weighted by Crippen LogP contribution is -2.59. The van der Waals surface area contributed by atoms with Crippen LogP contribution in [0.5, 0.6) is 0 Å². The molecule has 0 bridgehead atoms. The molecule has 0 saturated heterocycles. The van der Waals surface area contributed by atoms with E-state index in [-0.39, 0.29) is 12.5 Å². The third-order valence-electron chi connectivity index (χ3n) is 8.68. The Morgan fingerprint density at radius 1 is 0.667 bits per heavy atom. The van der Waals surface area contributed by atoms with E-state index in [4.69, 9.17) is 10.5 Å². The molecule has 5 aromatic carbocycles. The third kappa shape index (κ3) is 5.33. The Labute approximate surface area is 261 Å². The number of alkyl carbamates (subject to hydrolysis) is 1. The number of fused-ring (bicyclic) bond motifs is 3. The number of carbonyl (C=O) groups excluding carboxylic acids is 2. The summed E-state index contributed by atoms with van der Waals surface area (Å²) < 4.78 is 5.71. The minimum Gasteiger partial charge on any atom is -0.480 e. The van der Waals surface area contributed by atoms with Crippen molar-refractivity contribution in [2.75, 3.05) is 6.61 Å². The highest BCUT2D eigenvalue weighted by Crippen LogP contribution is 2.47. The maximum Gasteiger partial charge on any atom is 0.407 e. The fraction of sp³-hybridized carbons (Fsp3) is 0.132. The van der Waals surface area contributed by atoms with Crippen molar-refractivity contribution in [3.05, 3.63) is 167 Å². The zero-order chi connectivity index (χ0) is 31.4. The Kier molecular flexibility index (Phi) is 8.16. The van der Waals surface area contributed by atoms with Crippen molar-refractivity contribution >= 4 is 18.0 Å². The van der Waals surface area contributed by atoms with Crippen molar-refractivity contribution in [1.29, 1.82) is 0 Å². The van der Waals surface area contributed by atoms with Crippen LogP contribution in [0.25, 0.3) is 11.1 Å². The number of aliphatic carboxylic acids is 1. The Bertz CT molecular complexity index is 1680. The van der Waals surface area contributed by atoms with Crippen LogP contribution >= 0.6 is 0 Å². The lowest BCUT2D eigenvalue weighted by atomic mass is 9.59. The molecule has 7 heteroatoms. The fourth-order valence-corrected chi connectivity index (χ4v) is 6.82. The van der Waals surface area contributed by atoms with Gasteiger partial charge in [-0.1, -0.05) is 140 Å². The van der Waals surface area contributed by atoms with Crippen molar-refractivity contribution in [2.24, 2.45) is 11.7 Å². The number of amides is 2. The predicted octanol–water partition coefficient (Wildman–Crippen LogP) is 6.11. The van der Waals surface area contributed by atoms with Crippen LogP contribution in [0, 0.1) is 5.92 Å². The number of hydrogen-bond donors (Lipinski definition) is 3. The lowest BCUT2D eigenvalue weighted by Gasteiger charge is -2.43. The van der Waals surface area contributed by atoms with Gasteiger partial charge in [-0.05, 0) is 38.9 Å². The maximum absolute atomic E-state index is 13.6. The van der Waals surface area contributed by atoms with Crippen LogP contribution in [-0.2, 0) is 19.7 Å². The quantitative estimate of drug-likeness (QED) is 0.168. The van der Waals surface area contributed by atoms with Crippen LogP contribution < -0.4 is 11.1 Å². The molecular formula is C38H32N2O5. The summed E-state index contributed by atoms with van der Waals surface area (Å²) in [4.78, 5) is 40.1. The number of rotatable bonds is 10. The van der Waals surface area contributed by atoms with Gasteiger partial charge in [0.05, 0.1) is 11.3 Å². The molecule has 2 atom stereocenters. The maximum atomic E-state index is 13.6. The molecule has 0 saturated carbocycles. The first-order valence-electron chi connectivity index (χ1n) is 14.7. The van der Waals surface area contributed by atoms with E-state index in [1.54, 1.807) is 0 Å². The molecule has 1 unspecified atom stereocenters. The van der Waals surface area contributed by atoms with E-state index in [0.717, 1.165) is 22.3 Å². The molecular weight excluding hydrogens is 564 g/mol. The van der Waals surface area contributed by atoms with Gasteiger partial charge in [0.25, 0.3) is 0 Å². The largest absolute Gasteiger partial charge is 0.480 e. The van der Waals surface area contributed by atoms with Gasteiger partial charge in [0.1, 0.15) is 12.6 Å². The van der Waals surface area contributed by atoms with Crippen LogP contribution in [-0.4, -0.2) is 35.7 Å². The Morgan fingerprint density at radius 2 is 1.07 bits per heavy atom. The Balaban J connectivity index is 1.39. The van der Waals surface area contributed by atoms with Crippen LogP contribution in [0.15, 0.2) is 140 Å². The first-order valence-corrected chi connectivity index (χ1v) is 14.7. The standard InChI is InChI=1S/C38H32N2O5/c39-35(41)33(38(25-14-4-1-5-15-25,26-16-6-2-7-17-26)27-18-8-3-9-19-27)34(36(42)43)40-37(44)45-24-32-30-22-12-10-20-28(30)29-21-11-13-23-31(29)32/h1-23,32-34H,24H2,(H2,39,41)(H,40,44)(H,42,43)/t33?,34-/m0/s1. The summed E-state index contributed by atoms with van der Waals surface area (Å²) in [5, 5.41) is 13.1. The number of ether oxygens (including phenoxy) is 1. The third-order valence-corrected chi connectivity index (χ3v) is 8.68. The van der Waals surface area contributed by atoms with Crippen molar-refractivity contribution in [3.8, 4) is 11.1 Å². The molecule has 0 fully saturated rings. The van der Waals surface area contributed by atoms with Crippen molar-refractivity contribution in [2.45, 2.75) is 17.4 Å². The summed E-state index contributed by atoms with van der Waals surface area (Å²) in [6, 6.07) is 41.6. The van der Waals surface area contributed by atoms with Crippen molar-refractivity contribution in [3.63, 3.8) is 0 Å². The van der Waals surface area contributed by atoms with E-state index >= 15 is 0 Å². The second-order valence-electron chi connectivity index (χ2n) is 11.1. The van der Waals surface area contributed by atoms with E-state index in [1.807, 2.05) is 140 Å². The zero-order valence-corrected chi connectivity index (χ0v) is 24.4. The average Bonchev–Trinajstić information content (AvgIpc) is 3.40. The van der Waals surface area contributed by atoms with Crippen LogP contribution in [0.2, 0.25) is 0 Å². The smallest absolute Gasteiger partial charge is 0.407 e. The topological polar surface area (TPSA) is 119 Å². The fourth-order valence-electron chi connectivity index (χ4n) is 6.82. The second kappa shape index (κ2) is 12.5. The number of carboxylic acid groups (broad SMARTS) is 1. The van der Waals surface area contributed by atoms with Gasteiger partial charge in [-0.15, -0.1) is 0 Å². The van der Waals surface area contributed by atoms with Gasteiger partial charge in [0.2, 0.25) is 5.91 Å². The van der Waals surface area contributed by atoms with E-state index in [2.05, 4.69) is 5.32 Å². The number of primary amides is 1. The van der Waals surface area contributed by atoms with Gasteiger partial charge in [0, 0.05) is 5.92 Å². The summed E-state index contributed by atoms with van der Waals surface area (Å²) in [6.07, 6.45) is -0.960. The molecule has 2 amide bonds. The summed E-state index contributed by atoms with van der Waals surface area (Å²) >= 11 is 0. The number of nitrogens with two attached hydrogens (primary N) is 1. The van der Waals surface area contributed by atoms with Crippen molar-refractivity contribution < 1.29 is 24.2 Å². The summed E-state index contributed by atoms with van der Waals surface area (Å²) in [5.74, 6) is -3.99. The summed E-state index contributed by atoms with van der Waals surface area (Å²) in [6.45, 7) is -0.0192. The highest BCUT2D eigenvalue weighted by Gasteiger charge is 2.53. The molecule has 0 spiro atoms. The zero-order valence-electron chi connectivity index (χ0n) is 24.4. The van der Waals surface area contributed by atoms with E-state index in [0.29, 0.717) is 16.7 Å². The van der Waals surface area contributed by atoms with Crippen molar-refractivity contribution in [1.82, 2.24) is 5.32 Å². The van der Waals surface area contributed by atoms with Gasteiger partial charge < -0.3 is 20.9 Å². The highest BCUT2D eigenvalue weighted by molar-refractivity contribution is 5.91. The number of carboxylic acids is 1. The number of hydrogen-bond acceptors (Lipinski definition) is 4. The van der Waals surface area contributed by atoms with Gasteiger partial charge in [-0.25, -0.2) is 9.59 Å². The van der Waals surface area contributed by atoms with Crippen LogP contribution in [0.3, 0.4) is 0 Å². The molecule has 0 heterocycles. The first-order chi connectivity index (χ1) is 21.9. The molecule has 5 aromatic rings. The molecule has 224 valence electrons. The summed E-state index contributed by atoms with van der Waals surface area (Å²) in [5.41, 5.74) is 10.9. The predicted molar refractivity (Wildman–Crippen MR) is 172 cm³/mol. The average molecular weight is 597 g/mol. The van der Waals surface area contributed by atoms with Crippen LogP contribution in [0.4, 0.5) is 4.79 Å². The second-order valence-corrected chi connectivity index (χ2v) is 11.1. The summed E-state index contributed by atoms with van der Waals surface area (Å²) in [7, 11) is 0. The minimum absolute atomic E-state index is 0.0192. The molecule has 0 aliphatic heterocycles. The van der Waals surface area contributed by atoms with Gasteiger partial charge in [-0.2, -0.15) is 0 Å². The highest BCUT2D eigenvalue weighted by atomic mass is 16.5. The van der Waals surface area contributed by atoms with Crippen LogP contribution in [0.1, 0.15) is 33.7 Å². The minimum atomic E-state index is -1.74. The number of benzene rings is 5. The van der Waals surface area contributed by atoms with Gasteiger partial charge >= 0.3 is 12.1 Å². The monoisotopic (exact) mass is 596 g/mol. The van der Waals surface area contributed by atoms with E-state index in [9.17, 15) is 19.5 Å². The normalized spacial score (nSPS) is 13.6. The molecule has 45 heavy (non-hydrogen) atoms. The Hall–Kier alpha value is -5.69. The molecule has 1 aliphatic carbocycles. The molecule has 4 N–H and O–H groups in total. The molecule has 0 aromatic heterocycles. The lowest BCUT2D eigenvalue weighted by molar-refractivity contribution is -0.144. The van der Waals surface area contributed by atoms with Gasteiger partial charge in [0.15, 0.2) is 0 Å².